The number of piperazine rings is 1. The normalized spacial score (nSPS) is 17.1. The molecule has 1 saturated heterocycles. The second-order valence-electron chi connectivity index (χ2n) is 5.71. The number of nitrogens with zero attached hydrogens (tertiary/aromatic N) is 1. The van der Waals surface area contributed by atoms with Crippen LogP contribution in [-0.4, -0.2) is 51.2 Å². The summed E-state index contributed by atoms with van der Waals surface area (Å²) in [6.45, 7) is 8.98. The molecule has 0 saturated carbocycles. The molecule has 0 atom stereocenters. The lowest BCUT2D eigenvalue weighted by atomic mass is 10.00. The van der Waals surface area contributed by atoms with Crippen molar-refractivity contribution in [1.29, 1.82) is 0 Å². The fraction of sp³-hybridized carbons (Fsp3) is 0.556. The van der Waals surface area contributed by atoms with E-state index >= 15 is 0 Å². The van der Waals surface area contributed by atoms with Crippen molar-refractivity contribution in [3.05, 3.63) is 41.5 Å². The van der Waals surface area contributed by atoms with Crippen LogP contribution in [0.5, 0.6) is 0 Å². The van der Waals surface area contributed by atoms with Gasteiger partial charge in [0.05, 0.1) is 0 Å². The minimum absolute atomic E-state index is 1.03. The van der Waals surface area contributed by atoms with Crippen molar-refractivity contribution in [2.75, 3.05) is 46.3 Å². The van der Waals surface area contributed by atoms with E-state index in [0.717, 1.165) is 32.5 Å². The molecule has 0 bridgehead atoms. The van der Waals surface area contributed by atoms with Crippen LogP contribution in [0.3, 0.4) is 0 Å². The minimum Gasteiger partial charge on any atom is -0.319 e. The second-order valence-corrected chi connectivity index (χ2v) is 5.71. The molecule has 0 unspecified atom stereocenters. The quantitative estimate of drug-likeness (QED) is 0.804. The standard InChI is InChI=1S/C18H29N3/c1-3-17(8-10-19-2)18-6-4-16(5-7-18)9-13-21-14-11-20-12-15-21/h3-7,19-20H,8-15H2,1-2H3/b17-3+. The van der Waals surface area contributed by atoms with E-state index < -0.39 is 0 Å². The first-order valence-corrected chi connectivity index (χ1v) is 8.15. The molecule has 0 radical (unpaired) electrons. The van der Waals surface area contributed by atoms with E-state index in [1.54, 1.807) is 0 Å². The van der Waals surface area contributed by atoms with E-state index in [1.807, 2.05) is 7.05 Å². The zero-order valence-corrected chi connectivity index (χ0v) is 13.5. The van der Waals surface area contributed by atoms with Crippen molar-refractivity contribution in [3.63, 3.8) is 0 Å². The molecule has 2 N–H and O–H groups in total. The zero-order chi connectivity index (χ0) is 14.9. The Kier molecular flexibility index (Phi) is 6.93. The van der Waals surface area contributed by atoms with E-state index in [-0.39, 0.29) is 0 Å². The van der Waals surface area contributed by atoms with Gasteiger partial charge in [-0.3, -0.25) is 0 Å². The number of rotatable bonds is 7. The van der Waals surface area contributed by atoms with Crippen molar-refractivity contribution in [2.45, 2.75) is 19.8 Å². The van der Waals surface area contributed by atoms with E-state index in [0.29, 0.717) is 0 Å². The maximum Gasteiger partial charge on any atom is 0.0108 e. The lowest BCUT2D eigenvalue weighted by molar-refractivity contribution is 0.244. The smallest absolute Gasteiger partial charge is 0.0108 e. The topological polar surface area (TPSA) is 27.3 Å². The molecule has 1 aliphatic heterocycles. The van der Waals surface area contributed by atoms with Gasteiger partial charge in [0.1, 0.15) is 0 Å². The fourth-order valence-electron chi connectivity index (χ4n) is 2.82. The van der Waals surface area contributed by atoms with E-state index in [2.05, 4.69) is 52.8 Å². The Labute approximate surface area is 129 Å². The second kappa shape index (κ2) is 8.98. The Hall–Kier alpha value is -1.16. The number of benzene rings is 1. The van der Waals surface area contributed by atoms with Gasteiger partial charge in [0.25, 0.3) is 0 Å². The van der Waals surface area contributed by atoms with Crippen LogP contribution in [0.25, 0.3) is 5.57 Å². The summed E-state index contributed by atoms with van der Waals surface area (Å²) in [6, 6.07) is 9.14. The highest BCUT2D eigenvalue weighted by Crippen LogP contribution is 2.18. The fourth-order valence-corrected chi connectivity index (χ4v) is 2.82. The minimum atomic E-state index is 1.03. The van der Waals surface area contributed by atoms with E-state index in [1.165, 1.54) is 36.3 Å². The van der Waals surface area contributed by atoms with Gasteiger partial charge in [-0.1, -0.05) is 30.3 Å². The molecule has 2 rings (SSSR count). The van der Waals surface area contributed by atoms with Crippen LogP contribution in [0.1, 0.15) is 24.5 Å². The largest absolute Gasteiger partial charge is 0.319 e. The number of hydrogen-bond acceptors (Lipinski definition) is 3. The van der Waals surface area contributed by atoms with Crippen LogP contribution in [0.15, 0.2) is 30.3 Å². The van der Waals surface area contributed by atoms with Gasteiger partial charge >= 0.3 is 0 Å². The van der Waals surface area contributed by atoms with Crippen LogP contribution in [0, 0.1) is 0 Å². The predicted octanol–water partition coefficient (Wildman–Crippen LogP) is 2.15. The van der Waals surface area contributed by atoms with Crippen molar-refractivity contribution in [2.24, 2.45) is 0 Å². The van der Waals surface area contributed by atoms with Crippen LogP contribution in [0.4, 0.5) is 0 Å². The molecular formula is C18H29N3. The number of allylic oxidation sites excluding steroid dienone is 1. The van der Waals surface area contributed by atoms with Gasteiger partial charge in [0.2, 0.25) is 0 Å². The van der Waals surface area contributed by atoms with Gasteiger partial charge in [0, 0.05) is 32.7 Å². The Morgan fingerprint density at radius 3 is 2.57 bits per heavy atom. The van der Waals surface area contributed by atoms with Gasteiger partial charge < -0.3 is 15.5 Å². The van der Waals surface area contributed by atoms with Gasteiger partial charge in [-0.05, 0) is 50.1 Å². The molecule has 116 valence electrons. The highest BCUT2D eigenvalue weighted by molar-refractivity contribution is 5.65. The molecule has 0 aliphatic carbocycles. The summed E-state index contributed by atoms with van der Waals surface area (Å²) in [5.74, 6) is 0. The van der Waals surface area contributed by atoms with Crippen LogP contribution in [-0.2, 0) is 6.42 Å². The molecule has 0 amide bonds. The predicted molar refractivity (Wildman–Crippen MR) is 91.7 cm³/mol. The maximum absolute atomic E-state index is 3.40. The summed E-state index contributed by atoms with van der Waals surface area (Å²) >= 11 is 0. The summed E-state index contributed by atoms with van der Waals surface area (Å²) in [5.41, 5.74) is 4.23. The highest BCUT2D eigenvalue weighted by Gasteiger charge is 2.09. The van der Waals surface area contributed by atoms with Crippen molar-refractivity contribution in [3.8, 4) is 0 Å². The SMILES string of the molecule is C/C=C(\CCNC)c1ccc(CCN2CCNCC2)cc1. The van der Waals surface area contributed by atoms with Crippen molar-refractivity contribution >= 4 is 5.57 Å². The average molecular weight is 287 g/mol. The molecule has 1 aromatic rings. The molecule has 1 aliphatic rings. The van der Waals surface area contributed by atoms with Gasteiger partial charge in [-0.15, -0.1) is 0 Å². The third-order valence-corrected chi connectivity index (χ3v) is 4.24. The summed E-state index contributed by atoms with van der Waals surface area (Å²) < 4.78 is 0. The van der Waals surface area contributed by atoms with Crippen LogP contribution in [0.2, 0.25) is 0 Å². The monoisotopic (exact) mass is 287 g/mol. The molecule has 3 heteroatoms. The molecule has 1 aromatic carbocycles. The first-order chi connectivity index (χ1) is 10.3. The molecule has 1 heterocycles. The molecule has 0 aromatic heterocycles. The molecule has 0 spiro atoms. The molecule has 1 fully saturated rings. The van der Waals surface area contributed by atoms with Crippen LogP contribution >= 0.6 is 0 Å². The van der Waals surface area contributed by atoms with Gasteiger partial charge in [-0.2, -0.15) is 0 Å². The summed E-state index contributed by atoms with van der Waals surface area (Å²) in [6.07, 6.45) is 4.47. The summed E-state index contributed by atoms with van der Waals surface area (Å²) in [4.78, 5) is 2.55. The zero-order valence-electron chi connectivity index (χ0n) is 13.5. The van der Waals surface area contributed by atoms with E-state index in [4.69, 9.17) is 0 Å². The Morgan fingerprint density at radius 1 is 1.24 bits per heavy atom. The lowest BCUT2D eigenvalue weighted by Gasteiger charge is -2.27. The third kappa shape index (κ3) is 5.27. The van der Waals surface area contributed by atoms with Gasteiger partial charge in [-0.25, -0.2) is 0 Å². The molecule has 21 heavy (non-hydrogen) atoms. The first kappa shape index (κ1) is 16.2. The average Bonchev–Trinajstić information content (AvgIpc) is 2.56. The third-order valence-electron chi connectivity index (χ3n) is 4.24. The maximum atomic E-state index is 3.40. The number of hydrogen-bond donors (Lipinski definition) is 2. The van der Waals surface area contributed by atoms with Crippen LogP contribution < -0.4 is 10.6 Å². The molecular weight excluding hydrogens is 258 g/mol. The van der Waals surface area contributed by atoms with E-state index in [9.17, 15) is 0 Å². The van der Waals surface area contributed by atoms with Gasteiger partial charge in [0.15, 0.2) is 0 Å². The Bertz CT molecular complexity index is 430. The highest BCUT2D eigenvalue weighted by atomic mass is 15.2. The van der Waals surface area contributed by atoms with Crippen molar-refractivity contribution < 1.29 is 0 Å². The lowest BCUT2D eigenvalue weighted by Crippen LogP contribution is -2.44. The van der Waals surface area contributed by atoms with Crippen molar-refractivity contribution in [1.82, 2.24) is 15.5 Å². The molecule has 3 nitrogen and oxygen atoms in total. The Balaban J connectivity index is 1.85. The Morgan fingerprint density at radius 2 is 1.95 bits per heavy atom. The first-order valence-electron chi connectivity index (χ1n) is 8.15. The number of nitrogens with one attached hydrogen (secondary N) is 2. The summed E-state index contributed by atoms with van der Waals surface area (Å²) in [5, 5.41) is 6.62. The summed E-state index contributed by atoms with van der Waals surface area (Å²) in [7, 11) is 2.01.